The lowest BCUT2D eigenvalue weighted by atomic mass is 10.0. The van der Waals surface area contributed by atoms with E-state index in [1.165, 1.54) is 4.31 Å². The van der Waals surface area contributed by atoms with Crippen LogP contribution in [0.2, 0.25) is 0 Å². The Kier molecular flexibility index (Phi) is 5.09. The number of rotatable bonds is 6. The minimum absolute atomic E-state index is 0.202. The number of hydrogen-bond donors (Lipinski definition) is 2. The number of nitrogens with one attached hydrogen (secondary N) is 1. The van der Waals surface area contributed by atoms with E-state index in [0.29, 0.717) is 19.2 Å². The van der Waals surface area contributed by atoms with Gasteiger partial charge < -0.3 is 5.11 Å². The number of halogens is 2. The van der Waals surface area contributed by atoms with E-state index in [1.807, 2.05) is 0 Å². The first-order valence-corrected chi connectivity index (χ1v) is 8.18. The van der Waals surface area contributed by atoms with Crippen LogP contribution in [0.15, 0.2) is 18.2 Å². The molecule has 9 heteroatoms. The second kappa shape index (κ2) is 6.67. The number of carbonyl (C=O) groups is 1. The molecule has 22 heavy (non-hydrogen) atoms. The molecule has 0 saturated carbocycles. The first-order valence-electron chi connectivity index (χ1n) is 6.74. The van der Waals surface area contributed by atoms with Gasteiger partial charge in [-0.3, -0.25) is 4.79 Å². The summed E-state index contributed by atoms with van der Waals surface area (Å²) in [5.74, 6) is -3.11. The van der Waals surface area contributed by atoms with Crippen molar-refractivity contribution in [1.82, 2.24) is 9.03 Å². The second-order valence-electron chi connectivity index (χ2n) is 5.05. The Bertz CT molecular complexity index is 660. The summed E-state index contributed by atoms with van der Waals surface area (Å²) >= 11 is 0. The standard InChI is InChI=1S/C13H16F2N2O4S/c14-9-3-4-10(11(15)7-9)12(8-13(18)19)16-22(20,21)17-5-1-2-6-17/h3-4,7,12,16H,1-2,5-6,8H2,(H,18,19). The van der Waals surface area contributed by atoms with Crippen LogP contribution in [-0.2, 0) is 15.0 Å². The van der Waals surface area contributed by atoms with E-state index in [-0.39, 0.29) is 5.56 Å². The van der Waals surface area contributed by atoms with E-state index in [0.717, 1.165) is 25.0 Å². The fourth-order valence-corrected chi connectivity index (χ4v) is 3.81. The van der Waals surface area contributed by atoms with E-state index in [4.69, 9.17) is 5.11 Å². The molecule has 1 heterocycles. The summed E-state index contributed by atoms with van der Waals surface area (Å²) in [6, 6.07) is 1.29. The van der Waals surface area contributed by atoms with Crippen molar-refractivity contribution in [2.75, 3.05) is 13.1 Å². The highest BCUT2D eigenvalue weighted by atomic mass is 32.2. The van der Waals surface area contributed by atoms with Gasteiger partial charge in [-0.05, 0) is 18.9 Å². The van der Waals surface area contributed by atoms with E-state index in [1.54, 1.807) is 0 Å². The largest absolute Gasteiger partial charge is 0.481 e. The van der Waals surface area contributed by atoms with Gasteiger partial charge in [0.05, 0.1) is 12.5 Å². The van der Waals surface area contributed by atoms with Gasteiger partial charge in [-0.1, -0.05) is 6.07 Å². The van der Waals surface area contributed by atoms with Crippen LogP contribution in [0.25, 0.3) is 0 Å². The summed E-state index contributed by atoms with van der Waals surface area (Å²) in [5, 5.41) is 8.91. The first kappa shape index (κ1) is 16.8. The molecule has 0 amide bonds. The Balaban J connectivity index is 2.28. The van der Waals surface area contributed by atoms with Gasteiger partial charge in [0.25, 0.3) is 10.2 Å². The molecule has 2 N–H and O–H groups in total. The smallest absolute Gasteiger partial charge is 0.305 e. The lowest BCUT2D eigenvalue weighted by Crippen LogP contribution is -2.41. The molecule has 122 valence electrons. The highest BCUT2D eigenvalue weighted by molar-refractivity contribution is 7.87. The summed E-state index contributed by atoms with van der Waals surface area (Å²) in [6.07, 6.45) is 0.792. The summed E-state index contributed by atoms with van der Waals surface area (Å²) < 4.78 is 54.6. The van der Waals surface area contributed by atoms with Crippen molar-refractivity contribution in [2.24, 2.45) is 0 Å². The molecule has 0 bridgehead atoms. The number of nitrogens with zero attached hydrogens (tertiary/aromatic N) is 1. The minimum atomic E-state index is -3.92. The van der Waals surface area contributed by atoms with Crippen molar-refractivity contribution in [3.05, 3.63) is 35.4 Å². The fourth-order valence-electron chi connectivity index (χ4n) is 2.36. The molecule has 0 radical (unpaired) electrons. The molecule has 1 aliphatic rings. The average molecular weight is 334 g/mol. The number of hydrogen-bond acceptors (Lipinski definition) is 3. The van der Waals surface area contributed by atoms with Crippen molar-refractivity contribution < 1.29 is 27.1 Å². The second-order valence-corrected chi connectivity index (χ2v) is 6.75. The van der Waals surface area contributed by atoms with Crippen LogP contribution < -0.4 is 4.72 Å². The average Bonchev–Trinajstić information content (AvgIpc) is 2.91. The Hall–Kier alpha value is -1.58. The SMILES string of the molecule is O=C(O)CC(NS(=O)(=O)N1CCCC1)c1ccc(F)cc1F. The maximum absolute atomic E-state index is 13.8. The van der Waals surface area contributed by atoms with Crippen LogP contribution in [0.5, 0.6) is 0 Å². The van der Waals surface area contributed by atoms with E-state index < -0.39 is 40.3 Å². The fraction of sp³-hybridized carbons (Fsp3) is 0.462. The third-order valence-corrected chi connectivity index (χ3v) is 5.04. The molecular weight excluding hydrogens is 318 g/mol. The summed E-state index contributed by atoms with van der Waals surface area (Å²) in [7, 11) is -3.92. The zero-order valence-corrected chi connectivity index (χ0v) is 12.4. The number of carboxylic acids is 1. The van der Waals surface area contributed by atoms with Gasteiger partial charge in [0.2, 0.25) is 0 Å². The first-order chi connectivity index (χ1) is 10.3. The van der Waals surface area contributed by atoms with E-state index in [2.05, 4.69) is 4.72 Å². The third kappa shape index (κ3) is 3.99. The van der Waals surface area contributed by atoms with Crippen LogP contribution in [0.3, 0.4) is 0 Å². The van der Waals surface area contributed by atoms with Crippen LogP contribution in [0.4, 0.5) is 8.78 Å². The number of carboxylic acid groups (broad SMARTS) is 1. The third-order valence-electron chi connectivity index (χ3n) is 3.41. The molecule has 1 aromatic rings. The highest BCUT2D eigenvalue weighted by Gasteiger charge is 2.30. The Labute approximate surface area is 126 Å². The summed E-state index contributed by atoms with van der Waals surface area (Å²) in [5.41, 5.74) is -0.202. The Morgan fingerprint density at radius 1 is 1.32 bits per heavy atom. The lowest BCUT2D eigenvalue weighted by Gasteiger charge is -2.22. The minimum Gasteiger partial charge on any atom is -0.481 e. The molecule has 0 aromatic heterocycles. The molecule has 1 aromatic carbocycles. The number of aliphatic carboxylic acids is 1. The maximum Gasteiger partial charge on any atom is 0.305 e. The molecule has 1 atom stereocenters. The Morgan fingerprint density at radius 3 is 2.50 bits per heavy atom. The molecule has 6 nitrogen and oxygen atoms in total. The van der Waals surface area contributed by atoms with Crippen LogP contribution in [0.1, 0.15) is 30.9 Å². The topological polar surface area (TPSA) is 86.7 Å². The monoisotopic (exact) mass is 334 g/mol. The maximum atomic E-state index is 13.8. The van der Waals surface area contributed by atoms with Crippen molar-refractivity contribution in [1.29, 1.82) is 0 Å². The van der Waals surface area contributed by atoms with Gasteiger partial charge in [0.15, 0.2) is 0 Å². The van der Waals surface area contributed by atoms with Crippen molar-refractivity contribution in [3.8, 4) is 0 Å². The van der Waals surface area contributed by atoms with E-state index >= 15 is 0 Å². The van der Waals surface area contributed by atoms with Crippen LogP contribution >= 0.6 is 0 Å². The molecule has 2 rings (SSSR count). The van der Waals surface area contributed by atoms with Crippen molar-refractivity contribution in [2.45, 2.75) is 25.3 Å². The molecular formula is C13H16F2N2O4S. The van der Waals surface area contributed by atoms with E-state index in [9.17, 15) is 22.0 Å². The van der Waals surface area contributed by atoms with Crippen LogP contribution in [0, 0.1) is 11.6 Å². The summed E-state index contributed by atoms with van der Waals surface area (Å²) in [6.45, 7) is 0.669. The summed E-state index contributed by atoms with van der Waals surface area (Å²) in [4.78, 5) is 10.9. The predicted molar refractivity (Wildman–Crippen MR) is 74.2 cm³/mol. The normalized spacial score (nSPS) is 17.5. The zero-order chi connectivity index (χ0) is 16.3. The molecule has 0 spiro atoms. The Morgan fingerprint density at radius 2 is 1.95 bits per heavy atom. The predicted octanol–water partition coefficient (Wildman–Crippen LogP) is 1.41. The zero-order valence-electron chi connectivity index (χ0n) is 11.6. The van der Waals surface area contributed by atoms with Gasteiger partial charge >= 0.3 is 5.97 Å². The number of benzene rings is 1. The van der Waals surface area contributed by atoms with Gasteiger partial charge in [0.1, 0.15) is 11.6 Å². The van der Waals surface area contributed by atoms with Crippen molar-refractivity contribution >= 4 is 16.2 Å². The van der Waals surface area contributed by atoms with Gasteiger partial charge in [-0.25, -0.2) is 8.78 Å². The lowest BCUT2D eigenvalue weighted by molar-refractivity contribution is -0.137. The molecule has 1 unspecified atom stereocenters. The highest BCUT2D eigenvalue weighted by Crippen LogP contribution is 2.23. The quantitative estimate of drug-likeness (QED) is 0.823. The van der Waals surface area contributed by atoms with Crippen LogP contribution in [-0.4, -0.2) is 36.9 Å². The molecule has 1 saturated heterocycles. The molecule has 1 fully saturated rings. The van der Waals surface area contributed by atoms with Gasteiger partial charge in [-0.15, -0.1) is 0 Å². The van der Waals surface area contributed by atoms with Crippen molar-refractivity contribution in [3.63, 3.8) is 0 Å². The van der Waals surface area contributed by atoms with Gasteiger partial charge in [0, 0.05) is 24.7 Å². The molecule has 0 aliphatic carbocycles. The molecule has 1 aliphatic heterocycles. The van der Waals surface area contributed by atoms with Gasteiger partial charge in [-0.2, -0.15) is 17.4 Å².